The van der Waals surface area contributed by atoms with E-state index in [-0.39, 0.29) is 11.5 Å². The number of carbonyl (C=O) groups is 2. The zero-order valence-electron chi connectivity index (χ0n) is 9.60. The van der Waals surface area contributed by atoms with Gasteiger partial charge in [-0.1, -0.05) is 12.1 Å². The van der Waals surface area contributed by atoms with Gasteiger partial charge in [0, 0.05) is 20.1 Å². The number of hydrogen-bond donors (Lipinski definition) is 2. The summed E-state index contributed by atoms with van der Waals surface area (Å²) in [5.41, 5.74) is 0.976. The van der Waals surface area contributed by atoms with Crippen molar-refractivity contribution in [3.8, 4) is 0 Å². The van der Waals surface area contributed by atoms with Crippen molar-refractivity contribution in [2.75, 3.05) is 13.7 Å². The van der Waals surface area contributed by atoms with Gasteiger partial charge in [0.05, 0.1) is 12.2 Å². The van der Waals surface area contributed by atoms with Crippen LogP contribution in [-0.2, 0) is 16.1 Å². The molecule has 0 aromatic heterocycles. The SMILES string of the molecule is COCCC(=O)NCc1cccc(C(=O)O)c1. The average Bonchev–Trinajstić information content (AvgIpc) is 2.34. The van der Waals surface area contributed by atoms with E-state index in [1.807, 2.05) is 0 Å². The highest BCUT2D eigenvalue weighted by molar-refractivity contribution is 5.87. The Morgan fingerprint density at radius 1 is 1.41 bits per heavy atom. The van der Waals surface area contributed by atoms with Gasteiger partial charge in [-0.25, -0.2) is 4.79 Å². The average molecular weight is 237 g/mol. The number of carboxylic acids is 1. The van der Waals surface area contributed by atoms with Crippen LogP contribution in [-0.4, -0.2) is 30.7 Å². The second-order valence-electron chi connectivity index (χ2n) is 3.53. The molecule has 0 radical (unpaired) electrons. The fourth-order valence-electron chi connectivity index (χ4n) is 1.30. The Morgan fingerprint density at radius 2 is 2.18 bits per heavy atom. The van der Waals surface area contributed by atoms with Gasteiger partial charge in [0.1, 0.15) is 0 Å². The number of benzene rings is 1. The van der Waals surface area contributed by atoms with E-state index in [1.165, 1.54) is 13.2 Å². The molecule has 1 aromatic rings. The second kappa shape index (κ2) is 6.65. The standard InChI is InChI=1S/C12H15NO4/c1-17-6-5-11(14)13-8-9-3-2-4-10(7-9)12(15)16/h2-4,7H,5-6,8H2,1H3,(H,13,14)(H,15,16). The molecule has 0 unspecified atom stereocenters. The number of nitrogens with one attached hydrogen (secondary N) is 1. The van der Waals surface area contributed by atoms with Crippen LogP contribution in [0, 0.1) is 0 Å². The monoisotopic (exact) mass is 237 g/mol. The molecular formula is C12H15NO4. The fourth-order valence-corrected chi connectivity index (χ4v) is 1.30. The summed E-state index contributed by atoms with van der Waals surface area (Å²) in [6.45, 7) is 0.699. The largest absolute Gasteiger partial charge is 0.478 e. The first kappa shape index (κ1) is 13.2. The molecule has 2 N–H and O–H groups in total. The van der Waals surface area contributed by atoms with Crippen LogP contribution in [0.1, 0.15) is 22.3 Å². The van der Waals surface area contributed by atoms with E-state index >= 15 is 0 Å². The molecule has 0 aliphatic carbocycles. The van der Waals surface area contributed by atoms with Crippen molar-refractivity contribution in [3.05, 3.63) is 35.4 Å². The first-order valence-corrected chi connectivity index (χ1v) is 5.21. The van der Waals surface area contributed by atoms with Gasteiger partial charge in [-0.05, 0) is 17.7 Å². The summed E-state index contributed by atoms with van der Waals surface area (Å²) in [5, 5.41) is 11.5. The molecule has 5 nitrogen and oxygen atoms in total. The van der Waals surface area contributed by atoms with Crippen LogP contribution in [0.3, 0.4) is 0 Å². The van der Waals surface area contributed by atoms with Gasteiger partial charge in [0.25, 0.3) is 0 Å². The van der Waals surface area contributed by atoms with E-state index in [2.05, 4.69) is 5.32 Å². The van der Waals surface area contributed by atoms with Crippen molar-refractivity contribution in [2.24, 2.45) is 0 Å². The molecule has 0 atom stereocenters. The maximum absolute atomic E-state index is 11.3. The molecule has 0 aliphatic rings. The summed E-state index contributed by atoms with van der Waals surface area (Å²) in [5.74, 6) is -1.09. The molecule has 1 amide bonds. The molecule has 0 saturated carbocycles. The minimum atomic E-state index is -0.974. The number of ether oxygens (including phenoxy) is 1. The number of carbonyl (C=O) groups excluding carboxylic acids is 1. The van der Waals surface area contributed by atoms with E-state index in [0.29, 0.717) is 19.6 Å². The Morgan fingerprint density at radius 3 is 2.82 bits per heavy atom. The van der Waals surface area contributed by atoms with Crippen molar-refractivity contribution in [3.63, 3.8) is 0 Å². The van der Waals surface area contributed by atoms with Crippen LogP contribution < -0.4 is 5.32 Å². The van der Waals surface area contributed by atoms with Gasteiger partial charge in [0.2, 0.25) is 5.91 Å². The summed E-state index contributed by atoms with van der Waals surface area (Å²) in [6, 6.07) is 6.47. The number of carboxylic acid groups (broad SMARTS) is 1. The molecule has 0 bridgehead atoms. The van der Waals surface area contributed by atoms with Gasteiger partial charge in [-0.2, -0.15) is 0 Å². The highest BCUT2D eigenvalue weighted by Crippen LogP contribution is 2.05. The number of hydrogen-bond acceptors (Lipinski definition) is 3. The molecule has 0 spiro atoms. The lowest BCUT2D eigenvalue weighted by molar-refractivity contribution is -0.122. The van der Waals surface area contributed by atoms with Crippen LogP contribution >= 0.6 is 0 Å². The normalized spacial score (nSPS) is 9.94. The quantitative estimate of drug-likeness (QED) is 0.775. The Labute approximate surface area is 99.4 Å². The third-order valence-electron chi connectivity index (χ3n) is 2.20. The lowest BCUT2D eigenvalue weighted by Gasteiger charge is -2.05. The lowest BCUT2D eigenvalue weighted by Crippen LogP contribution is -2.23. The molecule has 0 fully saturated rings. The predicted octanol–water partition coefficient (Wildman–Crippen LogP) is 1.04. The molecule has 17 heavy (non-hydrogen) atoms. The van der Waals surface area contributed by atoms with Crippen LogP contribution in [0.2, 0.25) is 0 Å². The Balaban J connectivity index is 2.49. The predicted molar refractivity (Wildman–Crippen MR) is 61.7 cm³/mol. The van der Waals surface area contributed by atoms with Gasteiger partial charge < -0.3 is 15.2 Å². The smallest absolute Gasteiger partial charge is 0.335 e. The van der Waals surface area contributed by atoms with Crippen molar-refractivity contribution >= 4 is 11.9 Å². The highest BCUT2D eigenvalue weighted by Gasteiger charge is 2.04. The van der Waals surface area contributed by atoms with Crippen LogP contribution in [0.15, 0.2) is 24.3 Å². The van der Waals surface area contributed by atoms with Gasteiger partial charge in [0.15, 0.2) is 0 Å². The molecule has 92 valence electrons. The summed E-state index contributed by atoms with van der Waals surface area (Å²) < 4.78 is 4.78. The Hall–Kier alpha value is -1.88. The number of rotatable bonds is 6. The van der Waals surface area contributed by atoms with Crippen molar-refractivity contribution < 1.29 is 19.4 Å². The molecule has 0 heterocycles. The van der Waals surface area contributed by atoms with Crippen molar-refractivity contribution in [2.45, 2.75) is 13.0 Å². The molecule has 0 saturated heterocycles. The minimum Gasteiger partial charge on any atom is -0.478 e. The van der Waals surface area contributed by atoms with Gasteiger partial charge >= 0.3 is 5.97 Å². The first-order chi connectivity index (χ1) is 8.13. The van der Waals surface area contributed by atoms with Crippen LogP contribution in [0.4, 0.5) is 0 Å². The zero-order valence-corrected chi connectivity index (χ0v) is 9.60. The van der Waals surface area contributed by atoms with E-state index in [1.54, 1.807) is 18.2 Å². The van der Waals surface area contributed by atoms with Crippen LogP contribution in [0.25, 0.3) is 0 Å². The number of aromatic carboxylic acids is 1. The summed E-state index contributed by atoms with van der Waals surface area (Å²) in [7, 11) is 1.53. The van der Waals surface area contributed by atoms with Crippen LogP contribution in [0.5, 0.6) is 0 Å². The molecule has 1 aromatic carbocycles. The number of methoxy groups -OCH3 is 1. The summed E-state index contributed by atoms with van der Waals surface area (Å²) >= 11 is 0. The third kappa shape index (κ3) is 4.65. The highest BCUT2D eigenvalue weighted by atomic mass is 16.5. The van der Waals surface area contributed by atoms with Crippen molar-refractivity contribution in [1.82, 2.24) is 5.32 Å². The lowest BCUT2D eigenvalue weighted by atomic mass is 10.1. The molecular weight excluding hydrogens is 222 g/mol. The zero-order chi connectivity index (χ0) is 12.7. The topological polar surface area (TPSA) is 75.6 Å². The van der Waals surface area contributed by atoms with E-state index in [4.69, 9.17) is 9.84 Å². The fraction of sp³-hybridized carbons (Fsp3) is 0.333. The minimum absolute atomic E-state index is 0.118. The Kier molecular flexibility index (Phi) is 5.16. The maximum atomic E-state index is 11.3. The van der Waals surface area contributed by atoms with Gasteiger partial charge in [-0.15, -0.1) is 0 Å². The second-order valence-corrected chi connectivity index (χ2v) is 3.53. The van der Waals surface area contributed by atoms with Gasteiger partial charge in [-0.3, -0.25) is 4.79 Å². The summed E-state index contributed by atoms with van der Waals surface area (Å²) in [6.07, 6.45) is 0.301. The number of amides is 1. The maximum Gasteiger partial charge on any atom is 0.335 e. The van der Waals surface area contributed by atoms with E-state index in [9.17, 15) is 9.59 Å². The Bertz CT molecular complexity index is 403. The molecule has 0 aliphatic heterocycles. The third-order valence-corrected chi connectivity index (χ3v) is 2.20. The first-order valence-electron chi connectivity index (χ1n) is 5.21. The molecule has 1 rings (SSSR count). The molecule has 5 heteroatoms. The summed E-state index contributed by atoms with van der Waals surface area (Å²) in [4.78, 5) is 22.0. The van der Waals surface area contributed by atoms with Crippen molar-refractivity contribution in [1.29, 1.82) is 0 Å². The van der Waals surface area contributed by atoms with E-state index in [0.717, 1.165) is 5.56 Å². The van der Waals surface area contributed by atoms with E-state index < -0.39 is 5.97 Å².